The average Bonchev–Trinajstić information content (AvgIpc) is 2.26. The molecule has 4 heteroatoms. The fraction of sp³-hybridized carbons (Fsp3) is 0.462. The van der Waals surface area contributed by atoms with Gasteiger partial charge in [-0.1, -0.05) is 27.6 Å². The molecule has 3 nitrogen and oxygen atoms in total. The number of nitrogens with one attached hydrogen (secondary N) is 1. The number of phenols is 1. The van der Waals surface area contributed by atoms with Crippen molar-refractivity contribution < 1.29 is 9.90 Å². The van der Waals surface area contributed by atoms with Gasteiger partial charge in [0.1, 0.15) is 5.75 Å². The average molecular weight is 298 g/mol. The third-order valence-electron chi connectivity index (χ3n) is 3.34. The molecule has 2 N–H and O–H groups in total. The molecule has 1 amide bonds. The van der Waals surface area contributed by atoms with Crippen molar-refractivity contribution in [1.82, 2.24) is 5.32 Å². The second-order valence-corrected chi connectivity index (χ2v) is 5.30. The normalized spacial score (nSPS) is 17.3. The van der Waals surface area contributed by atoms with Crippen molar-refractivity contribution in [1.29, 1.82) is 0 Å². The lowest BCUT2D eigenvalue weighted by molar-refractivity contribution is 0.0853. The number of carbonyl (C=O) groups excluding carboxylic acids is 1. The topological polar surface area (TPSA) is 49.3 Å². The Morgan fingerprint density at radius 3 is 2.76 bits per heavy atom. The Kier molecular flexibility index (Phi) is 3.43. The summed E-state index contributed by atoms with van der Waals surface area (Å²) in [5.41, 5.74) is 1.21. The Morgan fingerprint density at radius 1 is 1.53 bits per heavy atom. The molecule has 0 bridgehead atoms. The van der Waals surface area contributed by atoms with Gasteiger partial charge in [0, 0.05) is 5.33 Å². The number of hydrogen-bond acceptors (Lipinski definition) is 2. The molecular formula is C13H16BrNO2. The van der Waals surface area contributed by atoms with Crippen LogP contribution in [-0.4, -0.2) is 21.9 Å². The second-order valence-electron chi connectivity index (χ2n) is 4.74. The molecule has 1 aromatic rings. The van der Waals surface area contributed by atoms with Gasteiger partial charge in [0.05, 0.1) is 11.1 Å². The zero-order chi connectivity index (χ0) is 12.5. The summed E-state index contributed by atoms with van der Waals surface area (Å²) < 4.78 is 0. The minimum atomic E-state index is -0.189. The molecule has 0 aromatic heterocycles. The quantitative estimate of drug-likeness (QED) is 0.843. The molecule has 0 aliphatic heterocycles. The Labute approximate surface area is 109 Å². The van der Waals surface area contributed by atoms with Crippen LogP contribution in [0.25, 0.3) is 0 Å². The van der Waals surface area contributed by atoms with Gasteiger partial charge in [0.15, 0.2) is 0 Å². The molecule has 1 aliphatic carbocycles. The lowest BCUT2D eigenvalue weighted by Gasteiger charge is -2.41. The van der Waals surface area contributed by atoms with E-state index >= 15 is 0 Å². The summed E-state index contributed by atoms with van der Waals surface area (Å²) in [7, 11) is 0. The number of phenolic OH excluding ortho intramolecular Hbond substituents is 1. The maximum atomic E-state index is 12.1. The first-order valence-corrected chi connectivity index (χ1v) is 6.87. The van der Waals surface area contributed by atoms with E-state index in [1.54, 1.807) is 18.2 Å². The first kappa shape index (κ1) is 12.4. The molecular weight excluding hydrogens is 282 g/mol. The predicted molar refractivity (Wildman–Crippen MR) is 70.7 cm³/mol. The maximum Gasteiger partial charge on any atom is 0.255 e. The van der Waals surface area contributed by atoms with E-state index in [9.17, 15) is 9.90 Å². The van der Waals surface area contributed by atoms with Crippen molar-refractivity contribution in [3.8, 4) is 5.75 Å². The van der Waals surface area contributed by atoms with E-state index in [0.29, 0.717) is 5.56 Å². The molecule has 17 heavy (non-hydrogen) atoms. The number of hydrogen-bond donors (Lipinski definition) is 2. The number of halogens is 1. The second kappa shape index (κ2) is 4.69. The number of rotatable bonds is 3. The van der Waals surface area contributed by atoms with E-state index in [2.05, 4.69) is 21.2 Å². The van der Waals surface area contributed by atoms with Crippen LogP contribution in [-0.2, 0) is 0 Å². The van der Waals surface area contributed by atoms with Gasteiger partial charge in [-0.05, 0) is 38.3 Å². The molecule has 92 valence electrons. The Hall–Kier alpha value is -1.03. The summed E-state index contributed by atoms with van der Waals surface area (Å²) in [6.45, 7) is 1.90. The molecule has 1 saturated carbocycles. The molecule has 0 spiro atoms. The Bertz CT molecular complexity index is 436. The smallest absolute Gasteiger partial charge is 0.255 e. The van der Waals surface area contributed by atoms with E-state index in [-0.39, 0.29) is 17.2 Å². The molecule has 2 rings (SSSR count). The molecule has 0 heterocycles. The summed E-state index contributed by atoms with van der Waals surface area (Å²) in [6.07, 6.45) is 3.14. The minimum absolute atomic E-state index is 0.0390. The molecule has 0 unspecified atom stereocenters. The van der Waals surface area contributed by atoms with Crippen LogP contribution in [0.2, 0.25) is 0 Å². The van der Waals surface area contributed by atoms with Crippen molar-refractivity contribution in [2.75, 3.05) is 5.33 Å². The SMILES string of the molecule is Cc1ccc(O)c(C(=O)NC2(CBr)CCC2)c1. The summed E-state index contributed by atoms with van der Waals surface area (Å²) in [4.78, 5) is 12.1. The third kappa shape index (κ3) is 2.46. The lowest BCUT2D eigenvalue weighted by Crippen LogP contribution is -2.54. The predicted octanol–water partition coefficient (Wildman–Crippen LogP) is 2.75. The van der Waals surface area contributed by atoms with Gasteiger partial charge in [0.25, 0.3) is 5.91 Å². The first-order valence-electron chi connectivity index (χ1n) is 5.74. The Balaban J connectivity index is 2.17. The van der Waals surface area contributed by atoms with Crippen LogP contribution in [0.5, 0.6) is 5.75 Å². The van der Waals surface area contributed by atoms with Gasteiger partial charge < -0.3 is 10.4 Å². The van der Waals surface area contributed by atoms with Gasteiger partial charge in [0.2, 0.25) is 0 Å². The van der Waals surface area contributed by atoms with Crippen molar-refractivity contribution in [3.63, 3.8) is 0 Å². The number of aryl methyl sites for hydroxylation is 1. The summed E-state index contributed by atoms with van der Waals surface area (Å²) >= 11 is 3.44. The standard InChI is InChI=1S/C13H16BrNO2/c1-9-3-4-11(16)10(7-9)12(17)15-13(8-14)5-2-6-13/h3-4,7,16H,2,5-6,8H2,1H3,(H,15,17). The van der Waals surface area contributed by atoms with E-state index in [4.69, 9.17) is 0 Å². The van der Waals surface area contributed by atoms with Crippen LogP contribution in [0.3, 0.4) is 0 Å². The van der Waals surface area contributed by atoms with Crippen LogP contribution < -0.4 is 5.32 Å². The number of alkyl halides is 1. The number of amides is 1. The maximum absolute atomic E-state index is 12.1. The van der Waals surface area contributed by atoms with Crippen molar-refractivity contribution in [2.45, 2.75) is 31.7 Å². The molecule has 0 radical (unpaired) electrons. The zero-order valence-electron chi connectivity index (χ0n) is 9.79. The van der Waals surface area contributed by atoms with E-state index in [1.165, 1.54) is 0 Å². The van der Waals surface area contributed by atoms with Crippen LogP contribution in [0, 0.1) is 6.92 Å². The van der Waals surface area contributed by atoms with E-state index in [1.807, 2.05) is 6.92 Å². The van der Waals surface area contributed by atoms with Crippen LogP contribution in [0.1, 0.15) is 35.2 Å². The van der Waals surface area contributed by atoms with Gasteiger partial charge in [-0.3, -0.25) is 4.79 Å². The third-order valence-corrected chi connectivity index (χ3v) is 4.42. The largest absolute Gasteiger partial charge is 0.507 e. The van der Waals surface area contributed by atoms with Gasteiger partial charge in [-0.15, -0.1) is 0 Å². The van der Waals surface area contributed by atoms with Gasteiger partial charge in [-0.2, -0.15) is 0 Å². The number of carbonyl (C=O) groups is 1. The summed E-state index contributed by atoms with van der Waals surface area (Å²) in [6, 6.07) is 5.06. The summed E-state index contributed by atoms with van der Waals surface area (Å²) in [5.74, 6) is -0.150. The van der Waals surface area contributed by atoms with Crippen molar-refractivity contribution in [2.24, 2.45) is 0 Å². The van der Waals surface area contributed by atoms with Crippen LogP contribution >= 0.6 is 15.9 Å². The van der Waals surface area contributed by atoms with Crippen molar-refractivity contribution >= 4 is 21.8 Å². The lowest BCUT2D eigenvalue weighted by atomic mass is 9.78. The highest BCUT2D eigenvalue weighted by atomic mass is 79.9. The highest BCUT2D eigenvalue weighted by molar-refractivity contribution is 9.09. The van der Waals surface area contributed by atoms with E-state index < -0.39 is 0 Å². The van der Waals surface area contributed by atoms with Crippen LogP contribution in [0.4, 0.5) is 0 Å². The minimum Gasteiger partial charge on any atom is -0.507 e. The monoisotopic (exact) mass is 297 g/mol. The fourth-order valence-electron chi connectivity index (χ4n) is 2.04. The fourth-order valence-corrected chi connectivity index (χ4v) is 2.74. The molecule has 0 atom stereocenters. The number of benzene rings is 1. The number of aromatic hydroxyl groups is 1. The van der Waals surface area contributed by atoms with E-state index in [0.717, 1.165) is 30.2 Å². The molecule has 1 fully saturated rings. The highest BCUT2D eigenvalue weighted by Gasteiger charge is 2.37. The zero-order valence-corrected chi connectivity index (χ0v) is 11.4. The molecule has 1 aliphatic rings. The van der Waals surface area contributed by atoms with Crippen LogP contribution in [0.15, 0.2) is 18.2 Å². The Morgan fingerprint density at radius 2 is 2.24 bits per heavy atom. The first-order chi connectivity index (χ1) is 8.06. The molecule has 0 saturated heterocycles. The van der Waals surface area contributed by atoms with Gasteiger partial charge in [-0.25, -0.2) is 0 Å². The van der Waals surface area contributed by atoms with Crippen molar-refractivity contribution in [3.05, 3.63) is 29.3 Å². The summed E-state index contributed by atoms with van der Waals surface area (Å²) in [5, 5.41) is 13.5. The van der Waals surface area contributed by atoms with Gasteiger partial charge >= 0.3 is 0 Å². The highest BCUT2D eigenvalue weighted by Crippen LogP contribution is 2.34. The molecule has 1 aromatic carbocycles.